The van der Waals surface area contributed by atoms with E-state index in [2.05, 4.69) is 4.98 Å². The van der Waals surface area contributed by atoms with Crippen LogP contribution in [-0.2, 0) is 6.42 Å². The SMILES string of the molecule is CCCc1nc(C2CCCCCCC2)oc1C(=O)O. The highest BCUT2D eigenvalue weighted by atomic mass is 16.4. The van der Waals surface area contributed by atoms with Crippen molar-refractivity contribution in [3.8, 4) is 0 Å². The maximum Gasteiger partial charge on any atom is 0.373 e. The first-order chi connectivity index (χ1) is 9.22. The number of aromatic carboxylic acids is 1. The third-order valence-corrected chi connectivity index (χ3v) is 3.85. The average molecular weight is 265 g/mol. The van der Waals surface area contributed by atoms with Gasteiger partial charge in [0.2, 0.25) is 5.76 Å². The monoisotopic (exact) mass is 265 g/mol. The zero-order chi connectivity index (χ0) is 13.7. The molecule has 0 bridgehead atoms. The van der Waals surface area contributed by atoms with Gasteiger partial charge in [0.15, 0.2) is 5.89 Å². The van der Waals surface area contributed by atoms with Crippen LogP contribution in [0.4, 0.5) is 0 Å². The third-order valence-electron chi connectivity index (χ3n) is 3.85. The zero-order valence-corrected chi connectivity index (χ0v) is 11.7. The molecule has 19 heavy (non-hydrogen) atoms. The number of carbonyl (C=O) groups is 1. The van der Waals surface area contributed by atoms with Crippen molar-refractivity contribution >= 4 is 5.97 Å². The summed E-state index contributed by atoms with van der Waals surface area (Å²) in [6.07, 6.45) is 9.96. The van der Waals surface area contributed by atoms with Crippen LogP contribution in [-0.4, -0.2) is 16.1 Å². The van der Waals surface area contributed by atoms with Gasteiger partial charge in [0.25, 0.3) is 0 Å². The molecule has 0 aliphatic heterocycles. The molecule has 0 radical (unpaired) electrons. The largest absolute Gasteiger partial charge is 0.475 e. The van der Waals surface area contributed by atoms with E-state index < -0.39 is 5.97 Å². The van der Waals surface area contributed by atoms with Gasteiger partial charge in [-0.1, -0.05) is 45.4 Å². The third kappa shape index (κ3) is 3.58. The fraction of sp³-hybridized carbons (Fsp3) is 0.733. The molecule has 1 aromatic heterocycles. The lowest BCUT2D eigenvalue weighted by Gasteiger charge is -2.16. The number of hydrogen-bond donors (Lipinski definition) is 1. The maximum atomic E-state index is 11.2. The minimum Gasteiger partial charge on any atom is -0.475 e. The fourth-order valence-electron chi connectivity index (χ4n) is 2.82. The first-order valence-electron chi connectivity index (χ1n) is 7.45. The van der Waals surface area contributed by atoms with Gasteiger partial charge >= 0.3 is 5.97 Å². The number of nitrogens with zero attached hydrogens (tertiary/aromatic N) is 1. The second-order valence-electron chi connectivity index (χ2n) is 5.43. The molecular weight excluding hydrogens is 242 g/mol. The van der Waals surface area contributed by atoms with Crippen LogP contribution < -0.4 is 0 Å². The molecule has 0 spiro atoms. The average Bonchev–Trinajstić information content (AvgIpc) is 2.73. The van der Waals surface area contributed by atoms with Crippen molar-refractivity contribution in [3.63, 3.8) is 0 Å². The van der Waals surface area contributed by atoms with E-state index in [4.69, 9.17) is 4.42 Å². The Bertz CT molecular complexity index is 417. The molecule has 1 fully saturated rings. The van der Waals surface area contributed by atoms with Gasteiger partial charge in [-0.05, 0) is 19.3 Å². The molecule has 1 aromatic rings. The zero-order valence-electron chi connectivity index (χ0n) is 11.7. The topological polar surface area (TPSA) is 63.3 Å². The van der Waals surface area contributed by atoms with Crippen LogP contribution in [0.1, 0.15) is 86.3 Å². The summed E-state index contributed by atoms with van der Waals surface area (Å²) in [5.74, 6) is 0.0266. The summed E-state index contributed by atoms with van der Waals surface area (Å²) in [4.78, 5) is 15.7. The molecule has 1 aliphatic rings. The minimum atomic E-state index is -0.993. The number of aryl methyl sites for hydroxylation is 1. The molecule has 0 saturated heterocycles. The Labute approximate surface area is 114 Å². The van der Waals surface area contributed by atoms with Crippen LogP contribution in [0.25, 0.3) is 0 Å². The van der Waals surface area contributed by atoms with Crippen molar-refractivity contribution in [2.75, 3.05) is 0 Å². The van der Waals surface area contributed by atoms with Crippen molar-refractivity contribution in [1.82, 2.24) is 4.98 Å². The molecule has 2 rings (SSSR count). The molecular formula is C15H23NO3. The summed E-state index contributed by atoms with van der Waals surface area (Å²) in [7, 11) is 0. The lowest BCUT2D eigenvalue weighted by molar-refractivity contribution is 0.0657. The van der Waals surface area contributed by atoms with E-state index in [-0.39, 0.29) is 5.76 Å². The van der Waals surface area contributed by atoms with Crippen LogP contribution in [0.2, 0.25) is 0 Å². The van der Waals surface area contributed by atoms with Gasteiger partial charge < -0.3 is 9.52 Å². The van der Waals surface area contributed by atoms with Gasteiger partial charge in [-0.15, -0.1) is 0 Å². The molecule has 0 unspecified atom stereocenters. The van der Waals surface area contributed by atoms with Gasteiger partial charge in [0, 0.05) is 5.92 Å². The molecule has 1 heterocycles. The highest BCUT2D eigenvalue weighted by molar-refractivity contribution is 5.85. The normalized spacial score (nSPS) is 17.9. The molecule has 0 atom stereocenters. The van der Waals surface area contributed by atoms with E-state index in [1.54, 1.807) is 0 Å². The summed E-state index contributed by atoms with van der Waals surface area (Å²) in [5.41, 5.74) is 0.618. The molecule has 1 saturated carbocycles. The Morgan fingerprint density at radius 2 is 1.89 bits per heavy atom. The van der Waals surface area contributed by atoms with Crippen molar-refractivity contribution in [2.24, 2.45) is 0 Å². The van der Waals surface area contributed by atoms with E-state index in [1.165, 1.54) is 32.1 Å². The second kappa shape index (κ2) is 6.73. The standard InChI is InChI=1S/C15H23NO3/c1-2-8-12-13(15(17)18)19-14(16-12)11-9-6-4-3-5-7-10-11/h11H,2-10H2,1H3,(H,17,18). The van der Waals surface area contributed by atoms with Crippen LogP contribution in [0.15, 0.2) is 4.42 Å². The van der Waals surface area contributed by atoms with Crippen molar-refractivity contribution in [1.29, 1.82) is 0 Å². The number of oxazole rings is 1. The molecule has 1 N–H and O–H groups in total. The van der Waals surface area contributed by atoms with Crippen molar-refractivity contribution in [2.45, 2.75) is 70.6 Å². The number of carboxylic acids is 1. The molecule has 106 valence electrons. The highest BCUT2D eigenvalue weighted by Gasteiger charge is 2.24. The fourth-order valence-corrected chi connectivity index (χ4v) is 2.82. The van der Waals surface area contributed by atoms with Crippen molar-refractivity contribution in [3.05, 3.63) is 17.3 Å². The van der Waals surface area contributed by atoms with E-state index in [9.17, 15) is 9.90 Å². The van der Waals surface area contributed by atoms with Gasteiger partial charge in [-0.3, -0.25) is 0 Å². The summed E-state index contributed by atoms with van der Waals surface area (Å²) in [6.45, 7) is 2.02. The van der Waals surface area contributed by atoms with Crippen molar-refractivity contribution < 1.29 is 14.3 Å². The Hall–Kier alpha value is -1.32. The number of hydrogen-bond acceptors (Lipinski definition) is 3. The molecule has 0 amide bonds. The molecule has 0 aromatic carbocycles. The van der Waals surface area contributed by atoms with E-state index in [0.717, 1.165) is 19.3 Å². The number of aromatic nitrogens is 1. The lowest BCUT2D eigenvalue weighted by atomic mass is 9.91. The van der Waals surface area contributed by atoms with Crippen LogP contribution in [0.3, 0.4) is 0 Å². The number of rotatable bonds is 4. The molecule has 1 aliphatic carbocycles. The van der Waals surface area contributed by atoms with E-state index in [0.29, 0.717) is 23.9 Å². The quantitative estimate of drug-likeness (QED) is 0.888. The summed E-state index contributed by atoms with van der Waals surface area (Å²) >= 11 is 0. The van der Waals surface area contributed by atoms with Gasteiger partial charge in [-0.2, -0.15) is 0 Å². The second-order valence-corrected chi connectivity index (χ2v) is 5.43. The number of carboxylic acid groups (broad SMARTS) is 1. The Balaban J connectivity index is 2.17. The van der Waals surface area contributed by atoms with E-state index in [1.807, 2.05) is 6.92 Å². The summed E-state index contributed by atoms with van der Waals surface area (Å²) < 4.78 is 5.55. The van der Waals surface area contributed by atoms with Gasteiger partial charge in [0.05, 0.1) is 5.69 Å². The predicted molar refractivity (Wildman–Crippen MR) is 72.5 cm³/mol. The van der Waals surface area contributed by atoms with Gasteiger partial charge in [-0.25, -0.2) is 9.78 Å². The minimum absolute atomic E-state index is 0.0545. The smallest absolute Gasteiger partial charge is 0.373 e. The first kappa shape index (κ1) is 14.1. The highest BCUT2D eigenvalue weighted by Crippen LogP contribution is 2.31. The Kier molecular flexibility index (Phi) is 5.00. The van der Waals surface area contributed by atoms with Crippen LogP contribution in [0.5, 0.6) is 0 Å². The Morgan fingerprint density at radius 1 is 1.26 bits per heavy atom. The van der Waals surface area contributed by atoms with E-state index >= 15 is 0 Å². The molecule has 4 heteroatoms. The predicted octanol–water partition coefficient (Wildman–Crippen LogP) is 4.15. The van der Waals surface area contributed by atoms with Crippen LogP contribution >= 0.6 is 0 Å². The maximum absolute atomic E-state index is 11.2. The molecule has 4 nitrogen and oxygen atoms in total. The van der Waals surface area contributed by atoms with Gasteiger partial charge in [0.1, 0.15) is 0 Å². The first-order valence-corrected chi connectivity index (χ1v) is 7.45. The lowest BCUT2D eigenvalue weighted by Crippen LogP contribution is -2.03. The van der Waals surface area contributed by atoms with Crippen LogP contribution in [0, 0.1) is 0 Å². The Morgan fingerprint density at radius 3 is 2.47 bits per heavy atom. The summed E-state index contributed by atoms with van der Waals surface area (Å²) in [6, 6.07) is 0. The summed E-state index contributed by atoms with van der Waals surface area (Å²) in [5, 5.41) is 9.17.